The zero-order valence-corrected chi connectivity index (χ0v) is 11.3. The van der Waals surface area contributed by atoms with Gasteiger partial charge in [-0.3, -0.25) is 4.79 Å². The fourth-order valence-corrected chi connectivity index (χ4v) is 1.69. The Hall–Kier alpha value is -2.40. The van der Waals surface area contributed by atoms with Crippen LogP contribution in [-0.4, -0.2) is 16.1 Å². The van der Waals surface area contributed by atoms with E-state index in [1.54, 1.807) is 36.4 Å². The molecule has 20 heavy (non-hydrogen) atoms. The third-order valence-corrected chi connectivity index (χ3v) is 2.86. The molecule has 0 aliphatic rings. The van der Waals surface area contributed by atoms with Gasteiger partial charge in [0.05, 0.1) is 0 Å². The highest BCUT2D eigenvalue weighted by atomic mass is 32.1. The normalized spacial score (nSPS) is 10.7. The van der Waals surface area contributed by atoms with Gasteiger partial charge in [-0.25, -0.2) is 0 Å². The monoisotopic (exact) mass is 287 g/mol. The molecule has 0 aliphatic carbocycles. The van der Waals surface area contributed by atoms with E-state index >= 15 is 0 Å². The molecule has 0 spiro atoms. The number of phenols is 2. The SMILES string of the molecule is O=C(/C=C/c1ccc(O)c(O)c1)Nc1ccc(S)cc1. The van der Waals surface area contributed by atoms with Crippen LogP contribution in [-0.2, 0) is 4.79 Å². The van der Waals surface area contributed by atoms with Crippen molar-refractivity contribution in [1.82, 2.24) is 0 Å². The molecular weight excluding hydrogens is 274 g/mol. The minimum atomic E-state index is -0.288. The molecular formula is C15H13NO3S. The predicted octanol–water partition coefficient (Wildman–Crippen LogP) is 3.04. The largest absolute Gasteiger partial charge is 0.504 e. The third-order valence-electron chi connectivity index (χ3n) is 2.56. The Balaban J connectivity index is 2.01. The minimum Gasteiger partial charge on any atom is -0.504 e. The average Bonchev–Trinajstić information content (AvgIpc) is 2.43. The Morgan fingerprint density at radius 3 is 2.40 bits per heavy atom. The minimum absolute atomic E-state index is 0.196. The lowest BCUT2D eigenvalue weighted by atomic mass is 10.2. The number of hydrogen-bond donors (Lipinski definition) is 4. The molecule has 2 aromatic carbocycles. The molecule has 0 radical (unpaired) electrons. The first-order valence-electron chi connectivity index (χ1n) is 5.85. The zero-order chi connectivity index (χ0) is 14.5. The van der Waals surface area contributed by atoms with Gasteiger partial charge in [-0.15, -0.1) is 12.6 Å². The number of aromatic hydroxyl groups is 2. The van der Waals surface area contributed by atoms with E-state index in [-0.39, 0.29) is 17.4 Å². The molecule has 3 N–H and O–H groups in total. The molecule has 1 amide bonds. The molecule has 0 fully saturated rings. The smallest absolute Gasteiger partial charge is 0.248 e. The summed E-state index contributed by atoms with van der Waals surface area (Å²) in [5.41, 5.74) is 1.28. The topological polar surface area (TPSA) is 69.6 Å². The summed E-state index contributed by atoms with van der Waals surface area (Å²) in [7, 11) is 0. The molecule has 2 aromatic rings. The number of carbonyl (C=O) groups excluding carboxylic acids is 1. The van der Waals surface area contributed by atoms with Crippen LogP contribution in [0.2, 0.25) is 0 Å². The number of carbonyl (C=O) groups is 1. The summed E-state index contributed by atoms with van der Waals surface area (Å²) in [6.07, 6.45) is 2.89. The number of amides is 1. The Morgan fingerprint density at radius 1 is 1.05 bits per heavy atom. The van der Waals surface area contributed by atoms with Crippen LogP contribution in [0.5, 0.6) is 11.5 Å². The van der Waals surface area contributed by atoms with Crippen LogP contribution in [0.1, 0.15) is 5.56 Å². The van der Waals surface area contributed by atoms with Crippen molar-refractivity contribution >= 4 is 30.3 Å². The van der Waals surface area contributed by atoms with Crippen molar-refractivity contribution in [3.8, 4) is 11.5 Å². The first-order valence-corrected chi connectivity index (χ1v) is 6.29. The second-order valence-electron chi connectivity index (χ2n) is 4.12. The predicted molar refractivity (Wildman–Crippen MR) is 81.1 cm³/mol. The molecule has 0 bridgehead atoms. The van der Waals surface area contributed by atoms with Crippen molar-refractivity contribution in [2.75, 3.05) is 5.32 Å². The fraction of sp³-hybridized carbons (Fsp3) is 0. The molecule has 0 saturated heterocycles. The van der Waals surface area contributed by atoms with Gasteiger partial charge in [0.2, 0.25) is 5.91 Å². The van der Waals surface area contributed by atoms with Crippen molar-refractivity contribution in [1.29, 1.82) is 0 Å². The Morgan fingerprint density at radius 2 is 1.75 bits per heavy atom. The van der Waals surface area contributed by atoms with Gasteiger partial charge in [-0.2, -0.15) is 0 Å². The number of anilines is 1. The number of hydrogen-bond acceptors (Lipinski definition) is 4. The maximum absolute atomic E-state index is 11.7. The highest BCUT2D eigenvalue weighted by Crippen LogP contribution is 2.25. The van der Waals surface area contributed by atoms with E-state index < -0.39 is 0 Å². The molecule has 0 unspecified atom stereocenters. The zero-order valence-electron chi connectivity index (χ0n) is 10.4. The van der Waals surface area contributed by atoms with E-state index in [4.69, 9.17) is 0 Å². The van der Waals surface area contributed by atoms with Crippen molar-refractivity contribution in [2.24, 2.45) is 0 Å². The van der Waals surface area contributed by atoms with Gasteiger partial charge < -0.3 is 15.5 Å². The summed E-state index contributed by atoms with van der Waals surface area (Å²) in [6.45, 7) is 0. The number of phenolic OH excluding ortho intramolecular Hbond substituents is 2. The quantitative estimate of drug-likeness (QED) is 0.398. The van der Waals surface area contributed by atoms with Crippen LogP contribution in [0.3, 0.4) is 0 Å². The highest BCUT2D eigenvalue weighted by molar-refractivity contribution is 7.80. The van der Waals surface area contributed by atoms with E-state index in [1.165, 1.54) is 18.2 Å². The lowest BCUT2D eigenvalue weighted by Gasteiger charge is -2.02. The van der Waals surface area contributed by atoms with Gasteiger partial charge in [-0.05, 0) is 48.0 Å². The highest BCUT2D eigenvalue weighted by Gasteiger charge is 2.00. The van der Waals surface area contributed by atoms with Gasteiger partial charge in [0.1, 0.15) is 0 Å². The molecule has 5 heteroatoms. The van der Waals surface area contributed by atoms with Gasteiger partial charge in [0.15, 0.2) is 11.5 Å². The van der Waals surface area contributed by atoms with Gasteiger partial charge in [-0.1, -0.05) is 6.07 Å². The van der Waals surface area contributed by atoms with Crippen molar-refractivity contribution in [2.45, 2.75) is 4.90 Å². The second kappa shape index (κ2) is 6.16. The van der Waals surface area contributed by atoms with Crippen molar-refractivity contribution in [3.05, 3.63) is 54.1 Å². The molecule has 4 nitrogen and oxygen atoms in total. The Kier molecular flexibility index (Phi) is 4.32. The van der Waals surface area contributed by atoms with Crippen LogP contribution in [0.25, 0.3) is 6.08 Å². The number of benzene rings is 2. The molecule has 0 aliphatic heterocycles. The molecule has 0 atom stereocenters. The first kappa shape index (κ1) is 14.0. The maximum Gasteiger partial charge on any atom is 0.248 e. The van der Waals surface area contributed by atoms with E-state index in [1.807, 2.05) is 0 Å². The van der Waals surface area contributed by atoms with Crippen LogP contribution >= 0.6 is 12.6 Å². The summed E-state index contributed by atoms with van der Waals surface area (Å²) in [5.74, 6) is -0.708. The number of nitrogens with one attached hydrogen (secondary N) is 1. The van der Waals surface area contributed by atoms with Crippen molar-refractivity contribution in [3.63, 3.8) is 0 Å². The lowest BCUT2D eigenvalue weighted by Crippen LogP contribution is -2.07. The molecule has 2 rings (SSSR count). The summed E-state index contributed by atoms with van der Waals surface area (Å²) in [6, 6.07) is 11.4. The average molecular weight is 287 g/mol. The van der Waals surface area contributed by atoms with Crippen LogP contribution in [0.4, 0.5) is 5.69 Å². The molecule has 0 heterocycles. The van der Waals surface area contributed by atoms with E-state index in [0.717, 1.165) is 4.90 Å². The summed E-state index contributed by atoms with van der Waals surface area (Å²) >= 11 is 4.16. The second-order valence-corrected chi connectivity index (χ2v) is 4.63. The molecule has 0 saturated carbocycles. The van der Waals surface area contributed by atoms with Crippen LogP contribution in [0.15, 0.2) is 53.4 Å². The lowest BCUT2D eigenvalue weighted by molar-refractivity contribution is -0.111. The molecule has 0 aromatic heterocycles. The maximum atomic E-state index is 11.7. The van der Waals surface area contributed by atoms with Gasteiger partial charge >= 0.3 is 0 Å². The summed E-state index contributed by atoms with van der Waals surface area (Å²) in [4.78, 5) is 12.5. The standard InChI is InChI=1S/C15H13NO3S/c17-13-7-1-10(9-14(13)18)2-8-15(19)16-11-3-5-12(20)6-4-11/h1-9,17-18,20H,(H,16,19)/b8-2+. The van der Waals surface area contributed by atoms with E-state index in [0.29, 0.717) is 11.3 Å². The van der Waals surface area contributed by atoms with E-state index in [2.05, 4.69) is 17.9 Å². The first-order chi connectivity index (χ1) is 9.54. The van der Waals surface area contributed by atoms with Crippen molar-refractivity contribution < 1.29 is 15.0 Å². The third kappa shape index (κ3) is 3.80. The van der Waals surface area contributed by atoms with Gasteiger partial charge in [0.25, 0.3) is 0 Å². The molecule has 102 valence electrons. The van der Waals surface area contributed by atoms with E-state index in [9.17, 15) is 15.0 Å². The number of thiol groups is 1. The van der Waals surface area contributed by atoms with Crippen LogP contribution < -0.4 is 5.32 Å². The Bertz CT molecular complexity index is 651. The Labute approximate surface area is 121 Å². The number of rotatable bonds is 3. The van der Waals surface area contributed by atoms with Gasteiger partial charge in [0, 0.05) is 16.7 Å². The van der Waals surface area contributed by atoms with Crippen LogP contribution in [0, 0.1) is 0 Å². The fourth-order valence-electron chi connectivity index (χ4n) is 1.54. The summed E-state index contributed by atoms with van der Waals surface area (Å²) in [5, 5.41) is 21.2. The summed E-state index contributed by atoms with van der Waals surface area (Å²) < 4.78 is 0.